The third-order valence-corrected chi connectivity index (χ3v) is 7.68. The van der Waals surface area contributed by atoms with Gasteiger partial charge in [0, 0.05) is 10.6 Å². The SMILES string of the molecule is O=C(CSc1nnc(-c2ccccc2OCc2cn(-c3ccccc3)nn2)n1Cc1ccccc1)c1ccc(Cl)cc1. The number of carbonyl (C=O) groups excluding carboxylic acids is 1. The lowest BCUT2D eigenvalue weighted by molar-refractivity contribution is 0.102. The lowest BCUT2D eigenvalue weighted by atomic mass is 10.1. The molecule has 0 radical (unpaired) electrons. The first kappa shape index (κ1) is 27.4. The molecule has 0 aliphatic carbocycles. The molecule has 0 N–H and O–H groups in total. The number of benzene rings is 4. The van der Waals surface area contributed by atoms with Crippen LogP contribution in [0, 0.1) is 0 Å². The quantitative estimate of drug-likeness (QED) is 0.121. The summed E-state index contributed by atoms with van der Waals surface area (Å²) in [4.78, 5) is 12.9. The van der Waals surface area contributed by atoms with Gasteiger partial charge in [0.25, 0.3) is 0 Å². The van der Waals surface area contributed by atoms with E-state index in [1.807, 2.05) is 83.6 Å². The number of rotatable bonds is 11. The number of carbonyl (C=O) groups is 1. The van der Waals surface area contributed by atoms with Crippen molar-refractivity contribution in [1.82, 2.24) is 29.8 Å². The Morgan fingerprint density at radius 2 is 1.52 bits per heavy atom. The number of ether oxygens (including phenoxy) is 1. The average Bonchev–Trinajstić information content (AvgIpc) is 3.67. The van der Waals surface area contributed by atoms with Crippen LogP contribution in [0.25, 0.3) is 17.1 Å². The Bertz CT molecular complexity index is 1790. The molecule has 0 atom stereocenters. The average molecular weight is 593 g/mol. The normalized spacial score (nSPS) is 11.0. The van der Waals surface area contributed by atoms with Gasteiger partial charge < -0.3 is 4.74 Å². The maximum absolute atomic E-state index is 12.9. The molecule has 2 aromatic heterocycles. The van der Waals surface area contributed by atoms with Crippen molar-refractivity contribution in [2.75, 3.05) is 5.75 Å². The van der Waals surface area contributed by atoms with Gasteiger partial charge in [-0.1, -0.05) is 89.2 Å². The molecule has 42 heavy (non-hydrogen) atoms. The zero-order valence-electron chi connectivity index (χ0n) is 22.4. The number of aromatic nitrogens is 6. The number of para-hydroxylation sites is 2. The largest absolute Gasteiger partial charge is 0.486 e. The summed E-state index contributed by atoms with van der Waals surface area (Å²) >= 11 is 7.34. The van der Waals surface area contributed by atoms with Crippen LogP contribution in [0.5, 0.6) is 5.75 Å². The molecule has 208 valence electrons. The van der Waals surface area contributed by atoms with Crippen LogP contribution in [0.1, 0.15) is 21.6 Å². The molecule has 0 saturated heterocycles. The Balaban J connectivity index is 1.25. The molecular formula is C32H25ClN6O2S. The van der Waals surface area contributed by atoms with Gasteiger partial charge in [0.1, 0.15) is 18.1 Å². The number of hydrogen-bond acceptors (Lipinski definition) is 7. The van der Waals surface area contributed by atoms with Crippen molar-refractivity contribution in [3.05, 3.63) is 137 Å². The van der Waals surface area contributed by atoms with Crippen LogP contribution in [0.2, 0.25) is 5.02 Å². The first-order valence-electron chi connectivity index (χ1n) is 13.2. The molecule has 0 aliphatic rings. The predicted molar refractivity (Wildman–Crippen MR) is 163 cm³/mol. The van der Waals surface area contributed by atoms with E-state index in [1.54, 1.807) is 28.9 Å². The Morgan fingerprint density at radius 1 is 0.810 bits per heavy atom. The molecule has 0 unspecified atom stereocenters. The molecule has 0 bridgehead atoms. The minimum Gasteiger partial charge on any atom is -0.486 e. The highest BCUT2D eigenvalue weighted by Crippen LogP contribution is 2.32. The van der Waals surface area contributed by atoms with Crippen LogP contribution in [-0.4, -0.2) is 41.3 Å². The summed E-state index contributed by atoms with van der Waals surface area (Å²) in [6.07, 6.45) is 1.85. The number of ketones is 1. The van der Waals surface area contributed by atoms with E-state index in [9.17, 15) is 4.79 Å². The van der Waals surface area contributed by atoms with Crippen LogP contribution in [0.4, 0.5) is 0 Å². The molecule has 10 heteroatoms. The summed E-state index contributed by atoms with van der Waals surface area (Å²) in [5, 5.41) is 18.8. The van der Waals surface area contributed by atoms with Crippen LogP contribution in [0.3, 0.4) is 0 Å². The summed E-state index contributed by atoms with van der Waals surface area (Å²) in [5.74, 6) is 1.48. The molecule has 8 nitrogen and oxygen atoms in total. The van der Waals surface area contributed by atoms with Crippen molar-refractivity contribution in [1.29, 1.82) is 0 Å². The maximum atomic E-state index is 12.9. The molecule has 0 aliphatic heterocycles. The van der Waals surface area contributed by atoms with E-state index in [4.69, 9.17) is 16.3 Å². The van der Waals surface area contributed by atoms with Gasteiger partial charge in [-0.15, -0.1) is 15.3 Å². The van der Waals surface area contributed by atoms with E-state index >= 15 is 0 Å². The van der Waals surface area contributed by atoms with E-state index in [-0.39, 0.29) is 18.1 Å². The molecule has 4 aromatic carbocycles. The van der Waals surface area contributed by atoms with Crippen LogP contribution in [0.15, 0.2) is 121 Å². The Kier molecular flexibility index (Phi) is 8.39. The summed E-state index contributed by atoms with van der Waals surface area (Å²) in [7, 11) is 0. The van der Waals surface area contributed by atoms with E-state index in [1.165, 1.54) is 11.8 Å². The summed E-state index contributed by atoms with van der Waals surface area (Å²) in [6.45, 7) is 0.758. The summed E-state index contributed by atoms with van der Waals surface area (Å²) in [6, 6.07) is 34.5. The fraction of sp³-hybridized carbons (Fsp3) is 0.0938. The van der Waals surface area contributed by atoms with Crippen LogP contribution in [-0.2, 0) is 13.2 Å². The molecule has 0 saturated carbocycles. The molecule has 2 heterocycles. The topological polar surface area (TPSA) is 87.7 Å². The van der Waals surface area contributed by atoms with E-state index < -0.39 is 0 Å². The second-order valence-electron chi connectivity index (χ2n) is 9.37. The highest BCUT2D eigenvalue weighted by molar-refractivity contribution is 7.99. The number of hydrogen-bond donors (Lipinski definition) is 0. The number of thioether (sulfide) groups is 1. The van der Waals surface area contributed by atoms with Gasteiger partial charge in [-0.25, -0.2) is 4.68 Å². The van der Waals surface area contributed by atoms with Gasteiger partial charge >= 0.3 is 0 Å². The van der Waals surface area contributed by atoms with Crippen molar-refractivity contribution in [2.45, 2.75) is 18.3 Å². The molecule has 0 spiro atoms. The Labute approximate surface area is 252 Å². The molecule has 6 aromatic rings. The molecular weight excluding hydrogens is 568 g/mol. The standard InChI is InChI=1S/C32H25ClN6O2S/c33-25-17-15-24(16-18-25)29(40)22-42-32-36-35-31(38(32)19-23-9-3-1-4-10-23)28-13-7-8-14-30(28)41-21-26-20-39(37-34-26)27-11-5-2-6-12-27/h1-18,20H,19,21-22H2. The van der Waals surface area contributed by atoms with E-state index in [0.717, 1.165) is 16.8 Å². The van der Waals surface area contributed by atoms with Crippen molar-refractivity contribution < 1.29 is 9.53 Å². The maximum Gasteiger partial charge on any atom is 0.192 e. The zero-order chi connectivity index (χ0) is 28.7. The van der Waals surface area contributed by atoms with Gasteiger partial charge in [-0.3, -0.25) is 9.36 Å². The van der Waals surface area contributed by atoms with Crippen molar-refractivity contribution in [3.8, 4) is 22.8 Å². The van der Waals surface area contributed by atoms with Gasteiger partial charge in [0.05, 0.1) is 29.7 Å². The predicted octanol–water partition coefficient (Wildman–Crippen LogP) is 6.78. The molecule has 0 amide bonds. The smallest absolute Gasteiger partial charge is 0.192 e. The van der Waals surface area contributed by atoms with Crippen molar-refractivity contribution in [2.24, 2.45) is 0 Å². The third kappa shape index (κ3) is 6.43. The minimum absolute atomic E-state index is 0.0141. The second-order valence-corrected chi connectivity index (χ2v) is 10.8. The Morgan fingerprint density at radius 3 is 2.31 bits per heavy atom. The third-order valence-electron chi connectivity index (χ3n) is 6.46. The highest BCUT2D eigenvalue weighted by atomic mass is 35.5. The fourth-order valence-electron chi connectivity index (χ4n) is 4.35. The van der Waals surface area contributed by atoms with Gasteiger partial charge in [-0.2, -0.15) is 0 Å². The summed E-state index contributed by atoms with van der Waals surface area (Å²) < 4.78 is 9.97. The first-order chi connectivity index (χ1) is 20.6. The monoisotopic (exact) mass is 592 g/mol. The van der Waals surface area contributed by atoms with Crippen molar-refractivity contribution >= 4 is 29.1 Å². The lowest BCUT2D eigenvalue weighted by Gasteiger charge is -2.13. The van der Waals surface area contributed by atoms with Crippen LogP contribution >= 0.6 is 23.4 Å². The van der Waals surface area contributed by atoms with Gasteiger partial charge in [0.2, 0.25) is 0 Å². The Hall–Kier alpha value is -4.73. The highest BCUT2D eigenvalue weighted by Gasteiger charge is 2.20. The van der Waals surface area contributed by atoms with Gasteiger partial charge in [0.15, 0.2) is 16.8 Å². The van der Waals surface area contributed by atoms with E-state index in [2.05, 4.69) is 32.6 Å². The van der Waals surface area contributed by atoms with Crippen molar-refractivity contribution in [3.63, 3.8) is 0 Å². The zero-order valence-corrected chi connectivity index (χ0v) is 23.9. The molecule has 0 fully saturated rings. The fourth-order valence-corrected chi connectivity index (χ4v) is 5.31. The second kappa shape index (κ2) is 12.8. The van der Waals surface area contributed by atoms with Crippen LogP contribution < -0.4 is 4.74 Å². The number of halogens is 1. The number of Topliss-reactive ketones (excluding diaryl/α,β-unsaturated/α-hetero) is 1. The first-order valence-corrected chi connectivity index (χ1v) is 14.6. The lowest BCUT2D eigenvalue weighted by Crippen LogP contribution is -2.07. The molecule has 6 rings (SSSR count). The van der Waals surface area contributed by atoms with E-state index in [0.29, 0.717) is 39.6 Å². The van der Waals surface area contributed by atoms with Gasteiger partial charge in [-0.05, 0) is 54.1 Å². The minimum atomic E-state index is -0.0141. The summed E-state index contributed by atoms with van der Waals surface area (Å²) in [5.41, 5.74) is 4.08. The number of nitrogens with zero attached hydrogens (tertiary/aromatic N) is 6.